The monoisotopic (exact) mass is 438 g/mol. The van der Waals surface area contributed by atoms with Crippen molar-refractivity contribution in [1.29, 1.82) is 0 Å². The zero-order chi connectivity index (χ0) is 22.5. The van der Waals surface area contributed by atoms with Crippen LogP contribution in [-0.4, -0.2) is 32.1 Å². The van der Waals surface area contributed by atoms with Gasteiger partial charge in [-0.15, -0.1) is 0 Å². The van der Waals surface area contributed by atoms with Crippen LogP contribution in [0.5, 0.6) is 0 Å². The Bertz CT molecular complexity index is 1370. The van der Waals surface area contributed by atoms with E-state index in [1.165, 1.54) is 18.2 Å². The third-order valence-corrected chi connectivity index (χ3v) is 5.36. The van der Waals surface area contributed by atoms with Gasteiger partial charge in [-0.1, -0.05) is 24.3 Å². The van der Waals surface area contributed by atoms with Gasteiger partial charge in [0.2, 0.25) is 0 Å². The van der Waals surface area contributed by atoms with Gasteiger partial charge in [-0.05, 0) is 36.6 Å². The molecule has 0 radical (unpaired) electrons. The molecule has 162 valence electrons. The average molecular weight is 438 g/mol. The summed E-state index contributed by atoms with van der Waals surface area (Å²) in [6.45, 7) is 0. The van der Waals surface area contributed by atoms with Crippen molar-refractivity contribution in [1.82, 2.24) is 15.0 Å². The van der Waals surface area contributed by atoms with E-state index in [0.29, 0.717) is 39.0 Å². The maximum absolute atomic E-state index is 13.0. The smallest absolute Gasteiger partial charge is 0.416 e. The van der Waals surface area contributed by atoms with Crippen LogP contribution in [0.4, 0.5) is 19.0 Å². The van der Waals surface area contributed by atoms with E-state index in [2.05, 4.69) is 20.3 Å². The van der Waals surface area contributed by atoms with Crippen molar-refractivity contribution in [3.8, 4) is 0 Å². The third kappa shape index (κ3) is 3.93. The van der Waals surface area contributed by atoms with Gasteiger partial charge in [0.05, 0.1) is 16.6 Å². The van der Waals surface area contributed by atoms with Crippen LogP contribution in [0.25, 0.3) is 21.8 Å². The fourth-order valence-electron chi connectivity index (χ4n) is 3.60. The molecule has 0 amide bonds. The molecule has 32 heavy (non-hydrogen) atoms. The average Bonchev–Trinajstić information content (AvgIpc) is 3.57. The van der Waals surface area contributed by atoms with E-state index in [0.717, 1.165) is 25.0 Å². The summed E-state index contributed by atoms with van der Waals surface area (Å²) >= 11 is 0. The van der Waals surface area contributed by atoms with E-state index in [4.69, 9.17) is 0 Å². The predicted octanol–water partition coefficient (Wildman–Crippen LogP) is 5.06. The second-order valence-electron chi connectivity index (χ2n) is 7.84. The fraction of sp³-hybridized carbons (Fsp3) is 0.217. The minimum atomic E-state index is -4.42. The number of nitrogens with zero attached hydrogens (tertiary/aromatic N) is 3. The summed E-state index contributed by atoms with van der Waals surface area (Å²) in [5, 5.41) is 14.0. The summed E-state index contributed by atoms with van der Waals surface area (Å²) in [5.74, 6) is -0.151. The lowest BCUT2D eigenvalue weighted by Crippen LogP contribution is -2.08. The molecule has 0 unspecified atom stereocenters. The molecular formula is C23H17F3N4O2. The topological polar surface area (TPSA) is 88.0 Å². The molecule has 6 nitrogen and oxygen atoms in total. The summed E-state index contributed by atoms with van der Waals surface area (Å²) in [6, 6.07) is 10.1. The second-order valence-corrected chi connectivity index (χ2v) is 7.84. The molecule has 9 heteroatoms. The number of hydrogen-bond acceptors (Lipinski definition) is 5. The lowest BCUT2D eigenvalue weighted by Gasteiger charge is -2.12. The third-order valence-electron chi connectivity index (χ3n) is 5.36. The van der Waals surface area contributed by atoms with Crippen LogP contribution in [-0.2, 0) is 12.6 Å². The Kier molecular flexibility index (Phi) is 4.69. The minimum absolute atomic E-state index is 0.129. The number of alkyl halides is 3. The number of carboxylic acids is 1. The van der Waals surface area contributed by atoms with Crippen molar-refractivity contribution in [3.05, 3.63) is 71.2 Å². The van der Waals surface area contributed by atoms with Crippen molar-refractivity contribution in [2.75, 3.05) is 5.32 Å². The van der Waals surface area contributed by atoms with Gasteiger partial charge in [-0.3, -0.25) is 0 Å². The SMILES string of the molecule is O=C(O)c1ccc2c(c1)nc(NC1CC1)c1nc(Cc3cccc(C(F)(F)F)c3)ncc12. The first-order valence-corrected chi connectivity index (χ1v) is 10.0. The molecule has 5 rings (SSSR count). The van der Waals surface area contributed by atoms with Crippen LogP contribution in [0, 0.1) is 0 Å². The maximum atomic E-state index is 13.0. The Morgan fingerprint density at radius 3 is 2.62 bits per heavy atom. The molecular weight excluding hydrogens is 421 g/mol. The number of hydrogen-bond donors (Lipinski definition) is 2. The highest BCUT2D eigenvalue weighted by Gasteiger charge is 2.30. The number of aromatic carboxylic acids is 1. The molecule has 0 spiro atoms. The number of carboxylic acid groups (broad SMARTS) is 1. The lowest BCUT2D eigenvalue weighted by molar-refractivity contribution is -0.137. The van der Waals surface area contributed by atoms with Gasteiger partial charge in [0.25, 0.3) is 0 Å². The van der Waals surface area contributed by atoms with Crippen molar-refractivity contribution in [2.45, 2.75) is 31.5 Å². The predicted molar refractivity (Wildman–Crippen MR) is 113 cm³/mol. The molecule has 0 saturated heterocycles. The molecule has 2 N–H and O–H groups in total. The second kappa shape index (κ2) is 7.44. The Labute approximate surface area is 180 Å². The number of benzene rings is 2. The van der Waals surface area contributed by atoms with Crippen LogP contribution in [0.15, 0.2) is 48.7 Å². The first kappa shape index (κ1) is 20.2. The van der Waals surface area contributed by atoms with E-state index in [-0.39, 0.29) is 18.0 Å². The Morgan fingerprint density at radius 1 is 1.09 bits per heavy atom. The van der Waals surface area contributed by atoms with Crippen molar-refractivity contribution >= 4 is 33.6 Å². The van der Waals surface area contributed by atoms with Gasteiger partial charge in [0.1, 0.15) is 11.3 Å². The molecule has 0 atom stereocenters. The van der Waals surface area contributed by atoms with Gasteiger partial charge in [0, 0.05) is 29.4 Å². The van der Waals surface area contributed by atoms with Gasteiger partial charge in [-0.2, -0.15) is 13.2 Å². The lowest BCUT2D eigenvalue weighted by atomic mass is 10.1. The number of nitrogens with one attached hydrogen (secondary N) is 1. The molecule has 0 aliphatic heterocycles. The van der Waals surface area contributed by atoms with Gasteiger partial charge in [-0.25, -0.2) is 19.7 Å². The van der Waals surface area contributed by atoms with Crippen LogP contribution >= 0.6 is 0 Å². The number of anilines is 1. The summed E-state index contributed by atoms with van der Waals surface area (Å²) in [7, 11) is 0. The van der Waals surface area contributed by atoms with Gasteiger partial charge < -0.3 is 10.4 Å². The van der Waals surface area contributed by atoms with Crippen LogP contribution in [0.2, 0.25) is 0 Å². The van der Waals surface area contributed by atoms with Crippen LogP contribution < -0.4 is 5.32 Å². The molecule has 4 aromatic rings. The standard InChI is InChI=1S/C23H17F3N4O2/c24-23(25,26)14-3-1-2-12(8-14)9-19-27-11-17-16-7-4-13(22(31)32)10-18(16)29-21(20(17)30-19)28-15-5-6-15/h1-4,7-8,10-11,15H,5-6,9H2,(H,28,29)(H,31,32). The summed E-state index contributed by atoms with van der Waals surface area (Å²) in [4.78, 5) is 24.9. The highest BCUT2D eigenvalue weighted by molar-refractivity contribution is 6.09. The van der Waals surface area contributed by atoms with E-state index in [9.17, 15) is 23.1 Å². The van der Waals surface area contributed by atoms with E-state index in [1.54, 1.807) is 18.3 Å². The van der Waals surface area contributed by atoms with Gasteiger partial charge in [0.15, 0.2) is 5.82 Å². The Hall–Kier alpha value is -3.75. The molecule has 1 fully saturated rings. The van der Waals surface area contributed by atoms with E-state index in [1.807, 2.05) is 0 Å². The normalized spacial score (nSPS) is 14.1. The highest BCUT2D eigenvalue weighted by atomic mass is 19.4. The molecule has 1 aliphatic carbocycles. The number of aromatic nitrogens is 3. The molecule has 2 aromatic heterocycles. The van der Waals surface area contributed by atoms with Crippen molar-refractivity contribution in [2.24, 2.45) is 0 Å². The number of pyridine rings is 1. The molecule has 2 heterocycles. The zero-order valence-electron chi connectivity index (χ0n) is 16.6. The van der Waals surface area contributed by atoms with Crippen molar-refractivity contribution < 1.29 is 23.1 Å². The summed E-state index contributed by atoms with van der Waals surface area (Å²) in [5.41, 5.74) is 0.938. The molecule has 1 saturated carbocycles. The fourth-order valence-corrected chi connectivity index (χ4v) is 3.60. The maximum Gasteiger partial charge on any atom is 0.416 e. The highest BCUT2D eigenvalue weighted by Crippen LogP contribution is 2.33. The van der Waals surface area contributed by atoms with E-state index < -0.39 is 17.7 Å². The van der Waals surface area contributed by atoms with Crippen LogP contribution in [0.1, 0.15) is 40.2 Å². The zero-order valence-corrected chi connectivity index (χ0v) is 16.6. The van der Waals surface area contributed by atoms with Gasteiger partial charge >= 0.3 is 12.1 Å². The molecule has 2 aromatic carbocycles. The van der Waals surface area contributed by atoms with Crippen molar-refractivity contribution in [3.63, 3.8) is 0 Å². The summed E-state index contributed by atoms with van der Waals surface area (Å²) in [6.07, 6.45) is -0.664. The van der Waals surface area contributed by atoms with E-state index >= 15 is 0 Å². The Morgan fingerprint density at radius 2 is 1.91 bits per heavy atom. The largest absolute Gasteiger partial charge is 0.478 e. The quantitative estimate of drug-likeness (QED) is 0.424. The number of halogens is 3. The minimum Gasteiger partial charge on any atom is -0.478 e. The number of carbonyl (C=O) groups is 1. The number of fused-ring (bicyclic) bond motifs is 3. The Balaban J connectivity index is 1.60. The summed E-state index contributed by atoms with van der Waals surface area (Å²) < 4.78 is 39.1. The first-order chi connectivity index (χ1) is 15.3. The molecule has 0 bridgehead atoms. The molecule has 1 aliphatic rings. The first-order valence-electron chi connectivity index (χ1n) is 10.0. The van der Waals surface area contributed by atoms with Crippen LogP contribution in [0.3, 0.4) is 0 Å². The number of rotatable bonds is 5.